The fourth-order valence-electron chi connectivity index (χ4n) is 3.26. The molecule has 0 fully saturated rings. The van der Waals surface area contributed by atoms with Crippen LogP contribution in [0.25, 0.3) is 0 Å². The van der Waals surface area contributed by atoms with Crippen molar-refractivity contribution in [3.8, 4) is 17.4 Å². The van der Waals surface area contributed by atoms with E-state index < -0.39 is 28.9 Å². The molecule has 0 amide bonds. The minimum absolute atomic E-state index is 0.0175. The number of anilines is 1. The molecule has 2 heterocycles. The lowest BCUT2D eigenvalue weighted by atomic mass is 10.2. The summed E-state index contributed by atoms with van der Waals surface area (Å²) in [6, 6.07) is 7.05. The number of ether oxygens (including phenoxy) is 2. The molecule has 0 aliphatic carbocycles. The molecule has 0 N–H and O–H groups in total. The van der Waals surface area contributed by atoms with E-state index in [-0.39, 0.29) is 28.8 Å². The Morgan fingerprint density at radius 2 is 1.81 bits per heavy atom. The zero-order chi connectivity index (χ0) is 22.1. The summed E-state index contributed by atoms with van der Waals surface area (Å²) in [6.07, 6.45) is 0.836. The van der Waals surface area contributed by atoms with E-state index in [1.807, 2.05) is 11.9 Å². The molecule has 0 saturated heterocycles. The maximum Gasteiger partial charge on any atom is 0.352 e. The van der Waals surface area contributed by atoms with Gasteiger partial charge in [0.25, 0.3) is 0 Å². The van der Waals surface area contributed by atoms with Gasteiger partial charge in [0.05, 0.1) is 5.02 Å². The molecule has 0 bridgehead atoms. The lowest BCUT2D eigenvalue weighted by Crippen LogP contribution is -2.36. The van der Waals surface area contributed by atoms with Crippen LogP contribution < -0.4 is 20.1 Å². The lowest BCUT2D eigenvalue weighted by Gasteiger charge is -2.28. The van der Waals surface area contributed by atoms with Crippen LogP contribution in [0.15, 0.2) is 41.2 Å². The molecule has 1 aliphatic rings. The molecular weight excluding hydrogens is 435 g/mol. The number of rotatable bonds is 5. The molecule has 1 aromatic heterocycles. The summed E-state index contributed by atoms with van der Waals surface area (Å²) in [4.78, 5) is 18.0. The van der Waals surface area contributed by atoms with Gasteiger partial charge in [0.2, 0.25) is 5.88 Å². The SMILES string of the molecule is CN1CCCn2c1cc(OCc1cc(F)c(Oc3ccc(F)c(Cl)c3)c(F)c1)nc2=O. The molecule has 0 unspecified atom stereocenters. The van der Waals surface area contributed by atoms with Crippen molar-refractivity contribution in [2.75, 3.05) is 18.5 Å². The Morgan fingerprint density at radius 1 is 1.06 bits per heavy atom. The van der Waals surface area contributed by atoms with E-state index in [0.29, 0.717) is 12.4 Å². The van der Waals surface area contributed by atoms with E-state index in [0.717, 1.165) is 37.2 Å². The summed E-state index contributed by atoms with van der Waals surface area (Å²) in [5.41, 5.74) is -0.273. The number of benzene rings is 2. The van der Waals surface area contributed by atoms with E-state index in [9.17, 15) is 18.0 Å². The Balaban J connectivity index is 1.51. The second kappa shape index (κ2) is 8.50. The van der Waals surface area contributed by atoms with Crippen LogP contribution >= 0.6 is 11.6 Å². The van der Waals surface area contributed by atoms with Crippen LogP contribution in [0.1, 0.15) is 12.0 Å². The molecule has 162 valence electrons. The van der Waals surface area contributed by atoms with Crippen molar-refractivity contribution in [3.63, 3.8) is 0 Å². The third-order valence-corrected chi connectivity index (χ3v) is 5.08. The fourth-order valence-corrected chi connectivity index (χ4v) is 3.43. The van der Waals surface area contributed by atoms with Crippen molar-refractivity contribution < 1.29 is 22.6 Å². The number of hydrogen-bond donors (Lipinski definition) is 0. The van der Waals surface area contributed by atoms with Crippen LogP contribution in [0.4, 0.5) is 19.0 Å². The molecule has 0 saturated carbocycles. The maximum absolute atomic E-state index is 14.4. The number of hydrogen-bond acceptors (Lipinski definition) is 5. The van der Waals surface area contributed by atoms with Gasteiger partial charge in [-0.3, -0.25) is 4.57 Å². The predicted octanol–water partition coefficient (Wildman–Crippen LogP) is 4.53. The van der Waals surface area contributed by atoms with Crippen molar-refractivity contribution in [2.45, 2.75) is 19.6 Å². The Morgan fingerprint density at radius 3 is 2.52 bits per heavy atom. The number of fused-ring (bicyclic) bond motifs is 1. The average molecular weight is 452 g/mol. The molecular formula is C21H17ClF3N3O3. The fraction of sp³-hybridized carbons (Fsp3) is 0.238. The van der Waals surface area contributed by atoms with E-state index in [4.69, 9.17) is 21.1 Å². The van der Waals surface area contributed by atoms with Crippen LogP contribution in [0, 0.1) is 17.5 Å². The second-order valence-electron chi connectivity index (χ2n) is 7.02. The molecule has 1 aliphatic heterocycles. The van der Waals surface area contributed by atoms with Gasteiger partial charge in [-0.25, -0.2) is 18.0 Å². The smallest absolute Gasteiger partial charge is 0.352 e. The molecule has 0 atom stereocenters. The van der Waals surface area contributed by atoms with E-state index in [1.165, 1.54) is 6.07 Å². The molecule has 3 aromatic rings. The van der Waals surface area contributed by atoms with Crippen molar-refractivity contribution >= 4 is 17.4 Å². The van der Waals surface area contributed by atoms with Gasteiger partial charge in [0, 0.05) is 32.3 Å². The van der Waals surface area contributed by atoms with Crippen molar-refractivity contribution in [2.24, 2.45) is 0 Å². The minimum Gasteiger partial charge on any atom is -0.473 e. The van der Waals surface area contributed by atoms with Crippen molar-refractivity contribution in [3.05, 3.63) is 74.9 Å². The predicted molar refractivity (Wildman–Crippen MR) is 109 cm³/mol. The van der Waals surface area contributed by atoms with Gasteiger partial charge < -0.3 is 14.4 Å². The minimum atomic E-state index is -0.975. The molecule has 2 aromatic carbocycles. The monoisotopic (exact) mass is 451 g/mol. The summed E-state index contributed by atoms with van der Waals surface area (Å²) in [5.74, 6) is -2.57. The van der Waals surface area contributed by atoms with Crippen LogP contribution in [0.3, 0.4) is 0 Å². The molecule has 0 radical (unpaired) electrons. The van der Waals surface area contributed by atoms with Crippen molar-refractivity contribution in [1.82, 2.24) is 9.55 Å². The lowest BCUT2D eigenvalue weighted by molar-refractivity contribution is 0.288. The maximum atomic E-state index is 14.4. The largest absolute Gasteiger partial charge is 0.473 e. The first kappa shape index (κ1) is 21.0. The Labute approximate surface area is 180 Å². The van der Waals surface area contributed by atoms with Gasteiger partial charge in [-0.05, 0) is 36.2 Å². The van der Waals surface area contributed by atoms with Crippen LogP contribution in [0.2, 0.25) is 5.02 Å². The van der Waals surface area contributed by atoms with Gasteiger partial charge in [0.15, 0.2) is 17.4 Å². The van der Waals surface area contributed by atoms with Gasteiger partial charge in [0.1, 0.15) is 24.0 Å². The summed E-state index contributed by atoms with van der Waals surface area (Å²) in [5, 5.41) is -0.234. The van der Waals surface area contributed by atoms with Crippen LogP contribution in [-0.2, 0) is 13.2 Å². The molecule has 0 spiro atoms. The Bertz CT molecular complexity index is 1180. The normalized spacial score (nSPS) is 13.1. The van der Waals surface area contributed by atoms with Gasteiger partial charge in [-0.2, -0.15) is 4.98 Å². The number of halogens is 4. The standard InChI is InChI=1S/C21H17ClF3N3O3/c1-27-5-2-6-28-19(27)10-18(26-21(28)29)30-11-12-7-16(24)20(17(25)8-12)31-13-3-4-15(23)14(22)9-13/h3-4,7-10H,2,5-6,11H2,1H3. The zero-order valence-corrected chi connectivity index (χ0v) is 17.1. The van der Waals surface area contributed by atoms with Crippen LogP contribution in [-0.4, -0.2) is 23.1 Å². The molecule has 10 heteroatoms. The highest BCUT2D eigenvalue weighted by molar-refractivity contribution is 6.30. The first-order chi connectivity index (χ1) is 14.8. The van der Waals surface area contributed by atoms with Crippen LogP contribution in [0.5, 0.6) is 17.4 Å². The summed E-state index contributed by atoms with van der Waals surface area (Å²) >= 11 is 5.66. The highest BCUT2D eigenvalue weighted by Crippen LogP contribution is 2.31. The number of aromatic nitrogens is 2. The highest BCUT2D eigenvalue weighted by Gasteiger charge is 2.18. The summed E-state index contributed by atoms with van der Waals surface area (Å²) < 4.78 is 54.3. The topological polar surface area (TPSA) is 56.6 Å². The summed E-state index contributed by atoms with van der Waals surface area (Å²) in [6.45, 7) is 1.15. The van der Waals surface area contributed by atoms with Gasteiger partial charge in [-0.15, -0.1) is 0 Å². The highest BCUT2D eigenvalue weighted by atomic mass is 35.5. The van der Waals surface area contributed by atoms with E-state index in [1.54, 1.807) is 10.6 Å². The van der Waals surface area contributed by atoms with Crippen molar-refractivity contribution in [1.29, 1.82) is 0 Å². The Kier molecular flexibility index (Phi) is 5.77. The second-order valence-corrected chi connectivity index (χ2v) is 7.42. The summed E-state index contributed by atoms with van der Waals surface area (Å²) in [7, 11) is 1.85. The molecule has 31 heavy (non-hydrogen) atoms. The zero-order valence-electron chi connectivity index (χ0n) is 16.4. The molecule has 6 nitrogen and oxygen atoms in total. The Hall–Kier alpha value is -3.20. The third-order valence-electron chi connectivity index (χ3n) is 4.79. The van der Waals surface area contributed by atoms with E-state index >= 15 is 0 Å². The average Bonchev–Trinajstić information content (AvgIpc) is 2.72. The van der Waals surface area contributed by atoms with Gasteiger partial charge in [-0.1, -0.05) is 11.6 Å². The molecule has 4 rings (SSSR count). The number of nitrogens with zero attached hydrogens (tertiary/aromatic N) is 3. The third kappa shape index (κ3) is 4.46. The first-order valence-corrected chi connectivity index (χ1v) is 9.76. The first-order valence-electron chi connectivity index (χ1n) is 9.38. The quantitative estimate of drug-likeness (QED) is 0.570. The van der Waals surface area contributed by atoms with E-state index in [2.05, 4.69) is 4.98 Å². The van der Waals surface area contributed by atoms with Gasteiger partial charge >= 0.3 is 5.69 Å².